The number of carbonyl (C=O) groups excluding carboxylic acids is 1. The Hall–Kier alpha value is -4.51. The number of rotatable bonds is 3. The summed E-state index contributed by atoms with van der Waals surface area (Å²) in [5.74, 6) is 5.57. The van der Waals surface area contributed by atoms with Gasteiger partial charge in [0.2, 0.25) is 0 Å². The molecule has 8 heteroatoms. The second-order valence-electron chi connectivity index (χ2n) is 7.46. The molecular weight excluding hydrogens is 406 g/mol. The summed E-state index contributed by atoms with van der Waals surface area (Å²) in [6.45, 7) is 0. The number of H-pyrrole nitrogens is 1. The molecule has 1 fully saturated rings. The van der Waals surface area contributed by atoms with Crippen molar-refractivity contribution < 1.29 is 4.79 Å². The number of hydrogen-bond donors (Lipinski definition) is 2. The zero-order chi connectivity index (χ0) is 22.1. The van der Waals surface area contributed by atoms with Crippen LogP contribution in [0.5, 0.6) is 0 Å². The van der Waals surface area contributed by atoms with Gasteiger partial charge in [-0.1, -0.05) is 18.1 Å². The molecule has 0 radical (unpaired) electrons. The summed E-state index contributed by atoms with van der Waals surface area (Å²) in [6, 6.07) is 14.1. The number of amides is 1. The van der Waals surface area contributed by atoms with E-state index >= 15 is 0 Å². The van der Waals surface area contributed by atoms with Gasteiger partial charge in [0.05, 0.1) is 10.9 Å². The molecule has 0 bridgehead atoms. The van der Waals surface area contributed by atoms with Crippen molar-refractivity contribution in [3.05, 3.63) is 98.6 Å². The molecule has 5 rings (SSSR count). The van der Waals surface area contributed by atoms with Crippen LogP contribution in [0.3, 0.4) is 0 Å². The molecule has 1 saturated carbocycles. The van der Waals surface area contributed by atoms with Crippen molar-refractivity contribution in [2.24, 2.45) is 0 Å². The fourth-order valence-electron chi connectivity index (χ4n) is 3.38. The second-order valence-corrected chi connectivity index (χ2v) is 7.46. The highest BCUT2D eigenvalue weighted by molar-refractivity contribution is 6.05. The molecule has 4 aromatic rings. The van der Waals surface area contributed by atoms with Crippen LogP contribution in [0.1, 0.15) is 40.5 Å². The first-order valence-corrected chi connectivity index (χ1v) is 10.1. The lowest BCUT2D eigenvalue weighted by molar-refractivity contribution is 0.102. The van der Waals surface area contributed by atoms with Gasteiger partial charge in [0, 0.05) is 29.7 Å². The number of aromatic nitrogens is 4. The largest absolute Gasteiger partial charge is 0.330 e. The van der Waals surface area contributed by atoms with E-state index in [2.05, 4.69) is 32.1 Å². The third kappa shape index (κ3) is 3.91. The molecule has 0 aliphatic heterocycles. The van der Waals surface area contributed by atoms with E-state index in [1.54, 1.807) is 24.4 Å². The highest BCUT2D eigenvalue weighted by Gasteiger charge is 2.27. The number of fused-ring (bicyclic) bond motifs is 1. The smallest absolute Gasteiger partial charge is 0.322 e. The predicted molar refractivity (Wildman–Crippen MR) is 120 cm³/mol. The van der Waals surface area contributed by atoms with Crippen molar-refractivity contribution in [1.29, 1.82) is 0 Å². The standard InChI is InChI=1S/C24H17N5O3/c30-22(27-18-6-3-4-15(12-18)7-8-17-5-1-2-11-25-17)16-13-20-21(26-14-16)29(19-9-10-19)24(32)28-23(20)31/h1-6,11-14,19H,9-10H2,(H,27,30)(H,28,31,32). The van der Waals surface area contributed by atoms with Crippen LogP contribution in [-0.4, -0.2) is 25.4 Å². The third-order valence-electron chi connectivity index (χ3n) is 5.07. The monoisotopic (exact) mass is 423 g/mol. The Morgan fingerprint density at radius 1 is 1.06 bits per heavy atom. The van der Waals surface area contributed by atoms with E-state index in [1.807, 2.05) is 24.3 Å². The average molecular weight is 423 g/mol. The van der Waals surface area contributed by atoms with Crippen LogP contribution in [0.15, 0.2) is 70.5 Å². The summed E-state index contributed by atoms with van der Waals surface area (Å²) >= 11 is 0. The molecule has 1 amide bonds. The van der Waals surface area contributed by atoms with E-state index < -0.39 is 17.2 Å². The molecule has 0 spiro atoms. The zero-order valence-electron chi connectivity index (χ0n) is 16.8. The van der Waals surface area contributed by atoms with Crippen LogP contribution >= 0.6 is 0 Å². The van der Waals surface area contributed by atoms with Crippen LogP contribution in [0, 0.1) is 11.8 Å². The SMILES string of the molecule is O=C(Nc1cccc(C#Cc2ccccn2)c1)c1cnc2c(c1)c(=O)[nH]c(=O)n2C1CC1. The first kappa shape index (κ1) is 19.5. The lowest BCUT2D eigenvalue weighted by Crippen LogP contribution is -2.30. The minimum atomic E-state index is -0.559. The Labute approximate surface area is 182 Å². The van der Waals surface area contributed by atoms with Gasteiger partial charge in [0.1, 0.15) is 11.3 Å². The molecule has 0 saturated heterocycles. The maximum Gasteiger partial charge on any atom is 0.330 e. The Kier molecular flexibility index (Phi) is 4.84. The van der Waals surface area contributed by atoms with Crippen LogP contribution < -0.4 is 16.6 Å². The summed E-state index contributed by atoms with van der Waals surface area (Å²) in [6.07, 6.45) is 4.78. The molecule has 1 aliphatic carbocycles. The molecule has 3 heterocycles. The van der Waals surface area contributed by atoms with E-state index in [0.29, 0.717) is 17.0 Å². The first-order valence-electron chi connectivity index (χ1n) is 10.1. The van der Waals surface area contributed by atoms with Gasteiger partial charge in [0.15, 0.2) is 0 Å². The predicted octanol–water partition coefficient (Wildman–Crippen LogP) is 2.47. The number of carbonyl (C=O) groups is 1. The summed E-state index contributed by atoms with van der Waals surface area (Å²) in [5, 5.41) is 3.01. The normalized spacial score (nSPS) is 12.8. The third-order valence-corrected chi connectivity index (χ3v) is 5.07. The lowest BCUT2D eigenvalue weighted by atomic mass is 10.1. The van der Waals surface area contributed by atoms with Gasteiger partial charge in [-0.25, -0.2) is 14.8 Å². The summed E-state index contributed by atoms with van der Waals surface area (Å²) in [7, 11) is 0. The molecule has 1 aliphatic rings. The van der Waals surface area contributed by atoms with Crippen molar-refractivity contribution >= 4 is 22.6 Å². The van der Waals surface area contributed by atoms with Crippen molar-refractivity contribution in [2.45, 2.75) is 18.9 Å². The first-order chi connectivity index (χ1) is 15.6. The summed E-state index contributed by atoms with van der Waals surface area (Å²) < 4.78 is 1.49. The summed E-state index contributed by atoms with van der Waals surface area (Å²) in [5.41, 5.74) is 1.40. The van der Waals surface area contributed by atoms with Crippen molar-refractivity contribution in [2.75, 3.05) is 5.32 Å². The quantitative estimate of drug-likeness (QED) is 0.492. The number of benzene rings is 1. The molecular formula is C24H17N5O3. The van der Waals surface area contributed by atoms with Gasteiger partial charge >= 0.3 is 5.69 Å². The number of nitrogens with zero attached hydrogens (tertiary/aromatic N) is 3. The minimum Gasteiger partial charge on any atom is -0.322 e. The fourth-order valence-corrected chi connectivity index (χ4v) is 3.38. The van der Waals surface area contributed by atoms with Crippen LogP contribution in [0.2, 0.25) is 0 Å². The Balaban J connectivity index is 1.41. The number of hydrogen-bond acceptors (Lipinski definition) is 5. The van der Waals surface area contributed by atoms with E-state index in [1.165, 1.54) is 16.8 Å². The topological polar surface area (TPSA) is 110 Å². The van der Waals surface area contributed by atoms with E-state index in [0.717, 1.165) is 18.4 Å². The molecule has 156 valence electrons. The summed E-state index contributed by atoms with van der Waals surface area (Å²) in [4.78, 5) is 48.0. The van der Waals surface area contributed by atoms with Crippen molar-refractivity contribution in [3.8, 4) is 11.8 Å². The molecule has 8 nitrogen and oxygen atoms in total. The highest BCUT2D eigenvalue weighted by Crippen LogP contribution is 2.34. The van der Waals surface area contributed by atoms with Crippen molar-refractivity contribution in [1.82, 2.24) is 19.5 Å². The van der Waals surface area contributed by atoms with Gasteiger partial charge in [-0.15, -0.1) is 0 Å². The molecule has 0 unspecified atom stereocenters. The van der Waals surface area contributed by atoms with Gasteiger partial charge in [-0.3, -0.25) is 19.1 Å². The molecule has 1 aromatic carbocycles. The maximum atomic E-state index is 12.8. The number of aromatic amines is 1. The Morgan fingerprint density at radius 2 is 1.94 bits per heavy atom. The molecule has 32 heavy (non-hydrogen) atoms. The number of nitrogens with one attached hydrogen (secondary N) is 2. The van der Waals surface area contributed by atoms with Gasteiger partial charge in [0.25, 0.3) is 11.5 Å². The lowest BCUT2D eigenvalue weighted by Gasteiger charge is -2.09. The maximum absolute atomic E-state index is 12.8. The fraction of sp³-hybridized carbons (Fsp3) is 0.125. The van der Waals surface area contributed by atoms with E-state index in [9.17, 15) is 14.4 Å². The minimum absolute atomic E-state index is 0.0453. The number of anilines is 1. The van der Waals surface area contributed by atoms with Gasteiger partial charge in [-0.2, -0.15) is 0 Å². The molecule has 2 N–H and O–H groups in total. The van der Waals surface area contributed by atoms with Crippen molar-refractivity contribution in [3.63, 3.8) is 0 Å². The molecule has 3 aromatic heterocycles. The van der Waals surface area contributed by atoms with Crippen LogP contribution in [-0.2, 0) is 0 Å². The average Bonchev–Trinajstić information content (AvgIpc) is 3.64. The highest BCUT2D eigenvalue weighted by atomic mass is 16.2. The Morgan fingerprint density at radius 3 is 2.72 bits per heavy atom. The van der Waals surface area contributed by atoms with Crippen LogP contribution in [0.4, 0.5) is 5.69 Å². The second kappa shape index (κ2) is 7.96. The van der Waals surface area contributed by atoms with Gasteiger partial charge in [-0.05, 0) is 55.2 Å². The van der Waals surface area contributed by atoms with Gasteiger partial charge < -0.3 is 5.32 Å². The number of pyridine rings is 2. The Bertz CT molecular complexity index is 1520. The van der Waals surface area contributed by atoms with E-state index in [-0.39, 0.29) is 17.0 Å². The zero-order valence-corrected chi connectivity index (χ0v) is 16.8. The van der Waals surface area contributed by atoms with E-state index in [4.69, 9.17) is 0 Å². The van der Waals surface area contributed by atoms with Crippen LogP contribution in [0.25, 0.3) is 11.0 Å². The molecule has 0 atom stereocenters.